The molecular formula is C12H23N3. The Kier molecular flexibility index (Phi) is 3.78. The molecule has 0 bridgehead atoms. The highest BCUT2D eigenvalue weighted by Gasteiger charge is 2.17. The van der Waals surface area contributed by atoms with Gasteiger partial charge in [0.1, 0.15) is 0 Å². The third-order valence-corrected chi connectivity index (χ3v) is 3.65. The highest BCUT2D eigenvalue weighted by atomic mass is 15.3. The normalized spacial score (nSPS) is 24.0. The molecule has 2 fully saturated rings. The summed E-state index contributed by atoms with van der Waals surface area (Å²) in [5, 5.41) is 3.31. The van der Waals surface area contributed by atoms with Crippen LogP contribution in [0.4, 0.5) is 0 Å². The monoisotopic (exact) mass is 209 g/mol. The van der Waals surface area contributed by atoms with Gasteiger partial charge in [-0.1, -0.05) is 12.5 Å². The predicted octanol–water partition coefficient (Wildman–Crippen LogP) is 0.544. The van der Waals surface area contributed by atoms with E-state index in [-0.39, 0.29) is 0 Å². The molecule has 0 aromatic rings. The first-order chi connectivity index (χ1) is 7.29. The lowest BCUT2D eigenvalue weighted by atomic mass is 10.0. The van der Waals surface area contributed by atoms with E-state index < -0.39 is 0 Å². The zero-order chi connectivity index (χ0) is 10.7. The van der Waals surface area contributed by atoms with Gasteiger partial charge >= 0.3 is 0 Å². The van der Waals surface area contributed by atoms with Crippen LogP contribution in [0.15, 0.2) is 11.1 Å². The van der Waals surface area contributed by atoms with Gasteiger partial charge in [0.15, 0.2) is 0 Å². The Morgan fingerprint density at radius 3 is 2.20 bits per heavy atom. The van der Waals surface area contributed by atoms with Crippen molar-refractivity contribution in [3.63, 3.8) is 0 Å². The summed E-state index contributed by atoms with van der Waals surface area (Å²) < 4.78 is 0. The molecule has 0 amide bonds. The molecule has 0 unspecified atom stereocenters. The summed E-state index contributed by atoms with van der Waals surface area (Å²) in [6.07, 6.45) is 0. The molecule has 1 N–H and O–H groups in total. The third kappa shape index (κ3) is 2.80. The Morgan fingerprint density at radius 1 is 1.13 bits per heavy atom. The largest absolute Gasteiger partial charge is 0.309 e. The van der Waals surface area contributed by atoms with Gasteiger partial charge in [0.05, 0.1) is 0 Å². The van der Waals surface area contributed by atoms with Crippen LogP contribution in [-0.4, -0.2) is 62.2 Å². The van der Waals surface area contributed by atoms with Gasteiger partial charge < -0.3 is 10.2 Å². The average molecular weight is 209 g/mol. The lowest BCUT2D eigenvalue weighted by molar-refractivity contribution is 0.145. The summed E-state index contributed by atoms with van der Waals surface area (Å²) in [7, 11) is 0. The minimum atomic E-state index is 1.13. The topological polar surface area (TPSA) is 18.5 Å². The van der Waals surface area contributed by atoms with Crippen LogP contribution < -0.4 is 5.32 Å². The first kappa shape index (κ1) is 11.1. The van der Waals surface area contributed by atoms with Crippen molar-refractivity contribution in [1.29, 1.82) is 0 Å². The van der Waals surface area contributed by atoms with E-state index in [4.69, 9.17) is 0 Å². The molecule has 0 aromatic heterocycles. The predicted molar refractivity (Wildman–Crippen MR) is 64.1 cm³/mol. The Labute approximate surface area is 93.1 Å². The summed E-state index contributed by atoms with van der Waals surface area (Å²) in [5.74, 6) is 0. The number of hydrogen-bond donors (Lipinski definition) is 1. The van der Waals surface area contributed by atoms with Crippen LogP contribution in [0.3, 0.4) is 0 Å². The number of rotatable bonds is 3. The third-order valence-electron chi connectivity index (χ3n) is 3.65. The number of piperazine rings is 1. The molecule has 0 atom stereocenters. The van der Waals surface area contributed by atoms with Crippen LogP contribution in [0.1, 0.15) is 13.8 Å². The highest BCUT2D eigenvalue weighted by Crippen LogP contribution is 2.11. The van der Waals surface area contributed by atoms with Gasteiger partial charge in [-0.25, -0.2) is 0 Å². The van der Waals surface area contributed by atoms with E-state index >= 15 is 0 Å². The summed E-state index contributed by atoms with van der Waals surface area (Å²) in [4.78, 5) is 5.12. The molecular weight excluding hydrogens is 186 g/mol. The van der Waals surface area contributed by atoms with E-state index in [9.17, 15) is 0 Å². The van der Waals surface area contributed by atoms with Gasteiger partial charge in [0, 0.05) is 45.8 Å². The SMILES string of the molecule is CCN1CCN(CC(C)=C2CNC2)CC1. The van der Waals surface area contributed by atoms with Gasteiger partial charge in [-0.05, 0) is 19.0 Å². The van der Waals surface area contributed by atoms with Crippen molar-refractivity contribution in [2.24, 2.45) is 0 Å². The van der Waals surface area contributed by atoms with E-state index in [1.54, 1.807) is 11.1 Å². The maximum Gasteiger partial charge on any atom is 0.0194 e. The highest BCUT2D eigenvalue weighted by molar-refractivity contribution is 5.22. The molecule has 0 aromatic carbocycles. The minimum absolute atomic E-state index is 1.13. The molecule has 86 valence electrons. The number of nitrogens with one attached hydrogen (secondary N) is 1. The molecule has 2 saturated heterocycles. The zero-order valence-electron chi connectivity index (χ0n) is 10.1. The Morgan fingerprint density at radius 2 is 1.73 bits per heavy atom. The number of hydrogen-bond acceptors (Lipinski definition) is 3. The quantitative estimate of drug-likeness (QED) is 0.685. The fourth-order valence-electron chi connectivity index (χ4n) is 2.26. The van der Waals surface area contributed by atoms with Crippen molar-refractivity contribution in [1.82, 2.24) is 15.1 Å². The van der Waals surface area contributed by atoms with Crippen molar-refractivity contribution >= 4 is 0 Å². The lowest BCUT2D eigenvalue weighted by Crippen LogP contribution is -2.47. The first-order valence-electron chi connectivity index (χ1n) is 6.12. The minimum Gasteiger partial charge on any atom is -0.309 e. The molecule has 3 nitrogen and oxygen atoms in total. The number of likely N-dealkylation sites (N-methyl/N-ethyl adjacent to an activating group) is 1. The van der Waals surface area contributed by atoms with Gasteiger partial charge in [0.25, 0.3) is 0 Å². The van der Waals surface area contributed by atoms with Crippen LogP contribution in [0, 0.1) is 0 Å². The van der Waals surface area contributed by atoms with Gasteiger partial charge in [-0.2, -0.15) is 0 Å². The first-order valence-corrected chi connectivity index (χ1v) is 6.12. The van der Waals surface area contributed by atoms with Crippen molar-refractivity contribution in [2.45, 2.75) is 13.8 Å². The van der Waals surface area contributed by atoms with E-state index in [1.807, 2.05) is 0 Å². The van der Waals surface area contributed by atoms with Crippen molar-refractivity contribution in [2.75, 3.05) is 52.4 Å². The summed E-state index contributed by atoms with van der Waals surface area (Å²) in [6.45, 7) is 14.2. The molecule has 3 heteroatoms. The molecule has 0 aliphatic carbocycles. The maximum atomic E-state index is 3.31. The summed E-state index contributed by atoms with van der Waals surface area (Å²) in [6, 6.07) is 0. The van der Waals surface area contributed by atoms with Gasteiger partial charge in [0.2, 0.25) is 0 Å². The second kappa shape index (κ2) is 5.10. The van der Waals surface area contributed by atoms with E-state index in [0.29, 0.717) is 0 Å². The van der Waals surface area contributed by atoms with Crippen LogP contribution in [0.5, 0.6) is 0 Å². The standard InChI is InChI=1S/C12H23N3/c1-3-14-4-6-15(7-5-14)10-11(2)12-8-13-9-12/h13H,3-10H2,1-2H3. The summed E-state index contributed by atoms with van der Waals surface area (Å²) in [5.41, 5.74) is 3.23. The van der Waals surface area contributed by atoms with Gasteiger partial charge in [-0.15, -0.1) is 0 Å². The second-order valence-corrected chi connectivity index (χ2v) is 4.70. The molecule has 2 aliphatic heterocycles. The fraction of sp³-hybridized carbons (Fsp3) is 0.833. The van der Waals surface area contributed by atoms with Crippen LogP contribution in [0.25, 0.3) is 0 Å². The molecule has 2 rings (SSSR count). The van der Waals surface area contributed by atoms with Crippen LogP contribution in [-0.2, 0) is 0 Å². The van der Waals surface area contributed by atoms with Crippen molar-refractivity contribution in [3.05, 3.63) is 11.1 Å². The molecule has 0 radical (unpaired) electrons. The second-order valence-electron chi connectivity index (χ2n) is 4.70. The average Bonchev–Trinajstić information content (AvgIpc) is 2.16. The van der Waals surface area contributed by atoms with Crippen molar-refractivity contribution < 1.29 is 0 Å². The molecule has 2 aliphatic rings. The Balaban J connectivity index is 1.76. The molecule has 2 heterocycles. The van der Waals surface area contributed by atoms with Crippen LogP contribution in [0.2, 0.25) is 0 Å². The summed E-state index contributed by atoms with van der Waals surface area (Å²) >= 11 is 0. The lowest BCUT2D eigenvalue weighted by Gasteiger charge is -2.35. The molecule has 15 heavy (non-hydrogen) atoms. The number of nitrogens with zero attached hydrogens (tertiary/aromatic N) is 2. The maximum absolute atomic E-state index is 3.31. The van der Waals surface area contributed by atoms with E-state index in [0.717, 1.165) is 13.1 Å². The fourth-order valence-corrected chi connectivity index (χ4v) is 2.26. The molecule has 0 saturated carbocycles. The van der Waals surface area contributed by atoms with Crippen molar-refractivity contribution in [3.8, 4) is 0 Å². The Bertz CT molecular complexity index is 233. The smallest absolute Gasteiger partial charge is 0.0194 e. The van der Waals surface area contributed by atoms with E-state index in [1.165, 1.54) is 39.3 Å². The molecule has 0 spiro atoms. The zero-order valence-corrected chi connectivity index (χ0v) is 10.1. The van der Waals surface area contributed by atoms with Gasteiger partial charge in [-0.3, -0.25) is 4.90 Å². The Hall–Kier alpha value is -0.380. The van der Waals surface area contributed by atoms with E-state index in [2.05, 4.69) is 29.0 Å². The van der Waals surface area contributed by atoms with Crippen LogP contribution >= 0.6 is 0 Å².